The molecule has 3 aliphatic rings. The lowest BCUT2D eigenvalue weighted by atomic mass is 9.97. The highest BCUT2D eigenvalue weighted by atomic mass is 32.1. The molecule has 10 heteroatoms. The number of ether oxygens (including phenoxy) is 1. The fraction of sp³-hybridized carbons (Fsp3) is 0.433. The summed E-state index contributed by atoms with van der Waals surface area (Å²) in [6, 6.07) is 8.91. The standard InChI is InChI=1S/C30H32N4O5S/c1-30(2,3)39-29(38)33-13-11-17(12-14-33)27-31-19(16-40-27)15-18-7-8-22-25-20(18)5-4-6-21(25)28(37)34(22)23-9-10-24(35)32-26(23)36/h4-8,16-17,23H,9-15H2,1-3H3,(H,32,35,36). The smallest absolute Gasteiger partial charge is 0.410 e. The van der Waals surface area contributed by atoms with Gasteiger partial charge in [-0.3, -0.25) is 24.6 Å². The molecule has 2 saturated heterocycles. The highest BCUT2D eigenvalue weighted by Crippen LogP contribution is 2.41. The van der Waals surface area contributed by atoms with Crippen molar-refractivity contribution in [3.63, 3.8) is 0 Å². The molecule has 40 heavy (non-hydrogen) atoms. The van der Waals surface area contributed by atoms with Crippen molar-refractivity contribution in [1.29, 1.82) is 0 Å². The Bertz CT molecular complexity index is 1530. The highest BCUT2D eigenvalue weighted by Gasteiger charge is 2.41. The molecule has 3 aliphatic heterocycles. The minimum Gasteiger partial charge on any atom is -0.444 e. The van der Waals surface area contributed by atoms with Crippen LogP contribution in [-0.2, 0) is 20.7 Å². The minimum atomic E-state index is -0.700. The number of anilines is 1. The predicted octanol–water partition coefficient (Wildman–Crippen LogP) is 4.77. The molecule has 208 valence electrons. The average molecular weight is 561 g/mol. The van der Waals surface area contributed by atoms with Gasteiger partial charge in [-0.05, 0) is 63.1 Å². The number of amides is 4. The van der Waals surface area contributed by atoms with Crippen LogP contribution in [0.15, 0.2) is 35.7 Å². The molecule has 2 aromatic carbocycles. The number of nitrogens with zero attached hydrogens (tertiary/aromatic N) is 3. The maximum atomic E-state index is 13.4. The summed E-state index contributed by atoms with van der Waals surface area (Å²) in [6.07, 6.45) is 2.60. The SMILES string of the molecule is CC(C)(C)OC(=O)N1CCC(c2nc(Cc3ccc4c5c(cccc35)C(=O)N4C3CCC(=O)NC3=O)cs2)CC1. The molecule has 4 amide bonds. The number of hydrogen-bond acceptors (Lipinski definition) is 7. The Labute approximate surface area is 236 Å². The summed E-state index contributed by atoms with van der Waals surface area (Å²) in [5.74, 6) is -0.630. The van der Waals surface area contributed by atoms with E-state index in [-0.39, 0.29) is 24.3 Å². The third-order valence-corrected chi connectivity index (χ3v) is 8.83. The summed E-state index contributed by atoms with van der Waals surface area (Å²) in [4.78, 5) is 58.4. The lowest BCUT2D eigenvalue weighted by molar-refractivity contribution is -0.134. The van der Waals surface area contributed by atoms with E-state index in [9.17, 15) is 19.2 Å². The lowest BCUT2D eigenvalue weighted by Crippen LogP contribution is -2.53. The van der Waals surface area contributed by atoms with Gasteiger partial charge in [-0.1, -0.05) is 18.2 Å². The van der Waals surface area contributed by atoms with Gasteiger partial charge in [0.2, 0.25) is 11.8 Å². The van der Waals surface area contributed by atoms with Crippen LogP contribution in [0.2, 0.25) is 0 Å². The Morgan fingerprint density at radius 2 is 1.88 bits per heavy atom. The van der Waals surface area contributed by atoms with Crippen LogP contribution in [0, 0.1) is 0 Å². The van der Waals surface area contributed by atoms with Gasteiger partial charge in [0, 0.05) is 48.2 Å². The van der Waals surface area contributed by atoms with Gasteiger partial charge in [-0.15, -0.1) is 11.3 Å². The molecule has 0 saturated carbocycles. The number of imide groups is 1. The van der Waals surface area contributed by atoms with Crippen LogP contribution in [0.1, 0.15) is 79.0 Å². The van der Waals surface area contributed by atoms with Gasteiger partial charge < -0.3 is 9.64 Å². The molecule has 4 heterocycles. The molecule has 6 rings (SSSR count). The van der Waals surface area contributed by atoms with E-state index >= 15 is 0 Å². The van der Waals surface area contributed by atoms with E-state index in [0.717, 1.165) is 39.9 Å². The maximum absolute atomic E-state index is 13.4. The van der Waals surface area contributed by atoms with Crippen LogP contribution in [-0.4, -0.2) is 58.4 Å². The number of aromatic nitrogens is 1. The van der Waals surface area contributed by atoms with Gasteiger partial charge in [0.1, 0.15) is 11.6 Å². The van der Waals surface area contributed by atoms with Crippen molar-refractivity contribution >= 4 is 51.6 Å². The van der Waals surface area contributed by atoms with Crippen LogP contribution in [0.3, 0.4) is 0 Å². The van der Waals surface area contributed by atoms with Crippen molar-refractivity contribution in [2.45, 2.75) is 70.4 Å². The van der Waals surface area contributed by atoms with Crippen LogP contribution < -0.4 is 10.2 Å². The molecule has 0 bridgehead atoms. The number of hydrogen-bond donors (Lipinski definition) is 1. The first-order valence-electron chi connectivity index (χ1n) is 13.7. The molecule has 1 N–H and O–H groups in total. The predicted molar refractivity (Wildman–Crippen MR) is 152 cm³/mol. The van der Waals surface area contributed by atoms with Crippen molar-refractivity contribution in [1.82, 2.24) is 15.2 Å². The van der Waals surface area contributed by atoms with Gasteiger partial charge >= 0.3 is 6.09 Å². The van der Waals surface area contributed by atoms with Crippen LogP contribution in [0.5, 0.6) is 0 Å². The number of likely N-dealkylation sites (tertiary alicyclic amines) is 1. The molecular formula is C30H32N4O5S. The van der Waals surface area contributed by atoms with Crippen molar-refractivity contribution < 1.29 is 23.9 Å². The third-order valence-electron chi connectivity index (χ3n) is 7.78. The van der Waals surface area contributed by atoms with Gasteiger partial charge in [0.05, 0.1) is 16.4 Å². The highest BCUT2D eigenvalue weighted by molar-refractivity contribution is 7.09. The Hall–Kier alpha value is -3.79. The van der Waals surface area contributed by atoms with E-state index in [4.69, 9.17) is 9.72 Å². The Morgan fingerprint density at radius 1 is 1.10 bits per heavy atom. The second-order valence-corrected chi connectivity index (χ2v) is 12.6. The monoisotopic (exact) mass is 560 g/mol. The zero-order valence-corrected chi connectivity index (χ0v) is 23.7. The summed E-state index contributed by atoms with van der Waals surface area (Å²) in [7, 11) is 0. The zero-order chi connectivity index (χ0) is 28.2. The van der Waals surface area contributed by atoms with Crippen molar-refractivity contribution in [3.8, 4) is 0 Å². The second kappa shape index (κ2) is 9.99. The molecule has 9 nitrogen and oxygen atoms in total. The summed E-state index contributed by atoms with van der Waals surface area (Å²) in [5, 5.41) is 7.37. The Morgan fingerprint density at radius 3 is 2.60 bits per heavy atom. The van der Waals surface area contributed by atoms with E-state index < -0.39 is 17.6 Å². The zero-order valence-electron chi connectivity index (χ0n) is 22.9. The number of nitrogens with one attached hydrogen (secondary N) is 1. The summed E-state index contributed by atoms with van der Waals surface area (Å²) >= 11 is 1.66. The number of benzene rings is 2. The molecule has 2 fully saturated rings. The number of rotatable bonds is 4. The van der Waals surface area contributed by atoms with E-state index in [0.29, 0.717) is 43.1 Å². The molecule has 0 aliphatic carbocycles. The van der Waals surface area contributed by atoms with Gasteiger partial charge in [0.25, 0.3) is 5.91 Å². The van der Waals surface area contributed by atoms with Gasteiger partial charge in [0.15, 0.2) is 0 Å². The largest absolute Gasteiger partial charge is 0.444 e. The summed E-state index contributed by atoms with van der Waals surface area (Å²) in [6.45, 7) is 6.94. The number of carbonyl (C=O) groups is 4. The molecule has 3 aromatic rings. The molecule has 0 radical (unpaired) electrons. The molecule has 1 atom stereocenters. The molecular weight excluding hydrogens is 528 g/mol. The first-order chi connectivity index (χ1) is 19.1. The van der Waals surface area contributed by atoms with Gasteiger partial charge in [-0.2, -0.15) is 0 Å². The Balaban J connectivity index is 1.19. The van der Waals surface area contributed by atoms with E-state index in [1.54, 1.807) is 27.2 Å². The van der Waals surface area contributed by atoms with Crippen LogP contribution in [0.4, 0.5) is 10.5 Å². The maximum Gasteiger partial charge on any atom is 0.410 e. The molecule has 0 spiro atoms. The molecule has 1 unspecified atom stereocenters. The Kier molecular flexibility index (Phi) is 6.60. The van der Waals surface area contributed by atoms with Crippen LogP contribution in [0.25, 0.3) is 10.8 Å². The van der Waals surface area contributed by atoms with E-state index in [1.165, 1.54) is 0 Å². The number of piperidine rings is 2. The van der Waals surface area contributed by atoms with Crippen LogP contribution >= 0.6 is 11.3 Å². The van der Waals surface area contributed by atoms with Crippen molar-refractivity contribution in [2.24, 2.45) is 0 Å². The number of thiazole rings is 1. The van der Waals surface area contributed by atoms with Gasteiger partial charge in [-0.25, -0.2) is 9.78 Å². The number of carbonyl (C=O) groups excluding carboxylic acids is 4. The topological polar surface area (TPSA) is 109 Å². The quantitative estimate of drug-likeness (QED) is 0.461. The fourth-order valence-corrected chi connectivity index (χ4v) is 6.87. The summed E-state index contributed by atoms with van der Waals surface area (Å²) < 4.78 is 5.52. The lowest BCUT2D eigenvalue weighted by Gasteiger charge is -2.32. The average Bonchev–Trinajstić information content (AvgIpc) is 3.49. The third kappa shape index (κ3) is 4.85. The van der Waals surface area contributed by atoms with E-state index in [1.807, 2.05) is 45.0 Å². The first kappa shape index (κ1) is 26.4. The van der Waals surface area contributed by atoms with E-state index in [2.05, 4.69) is 10.7 Å². The second-order valence-electron chi connectivity index (χ2n) is 11.7. The minimum absolute atomic E-state index is 0.207. The molecule has 1 aromatic heterocycles. The summed E-state index contributed by atoms with van der Waals surface area (Å²) in [5.41, 5.74) is 2.83. The van der Waals surface area contributed by atoms with Crippen molar-refractivity contribution in [2.75, 3.05) is 18.0 Å². The van der Waals surface area contributed by atoms with Crippen molar-refractivity contribution in [3.05, 3.63) is 57.5 Å². The first-order valence-corrected chi connectivity index (χ1v) is 14.6. The normalized spacial score (nSPS) is 19.9. The fourth-order valence-electron chi connectivity index (χ4n) is 5.88.